The van der Waals surface area contributed by atoms with Gasteiger partial charge < -0.3 is 20.3 Å². The number of fused-ring (bicyclic) bond motifs is 4. The maximum absolute atomic E-state index is 13.5. The van der Waals surface area contributed by atoms with E-state index >= 15 is 0 Å². The van der Waals surface area contributed by atoms with Crippen LogP contribution in [-0.4, -0.2) is 30.3 Å². The zero-order chi connectivity index (χ0) is 17.7. The van der Waals surface area contributed by atoms with Crippen LogP contribution in [0, 0.1) is 5.82 Å². The number of piperidine rings is 1. The number of aromatic nitrogens is 1. The molecule has 0 radical (unpaired) electrons. The van der Waals surface area contributed by atoms with Gasteiger partial charge >= 0.3 is 0 Å². The molecule has 5 nitrogen and oxygen atoms in total. The Bertz CT molecular complexity index is 829. The lowest BCUT2D eigenvalue weighted by Gasteiger charge is -2.40. The van der Waals surface area contributed by atoms with Crippen LogP contribution in [0.1, 0.15) is 31.2 Å². The van der Waals surface area contributed by atoms with Gasteiger partial charge in [-0.1, -0.05) is 0 Å². The van der Waals surface area contributed by atoms with Gasteiger partial charge in [0.2, 0.25) is 0 Å². The molecule has 2 fully saturated rings. The Balaban J connectivity index is 1.44. The van der Waals surface area contributed by atoms with E-state index in [9.17, 15) is 4.39 Å². The van der Waals surface area contributed by atoms with E-state index in [1.54, 1.807) is 0 Å². The highest BCUT2D eigenvalue weighted by Crippen LogP contribution is 2.42. The van der Waals surface area contributed by atoms with Gasteiger partial charge in [0, 0.05) is 37.0 Å². The molecule has 2 aromatic rings. The van der Waals surface area contributed by atoms with E-state index in [1.807, 2.05) is 7.11 Å². The third kappa shape index (κ3) is 2.60. The molecule has 1 aromatic heterocycles. The molecule has 1 aromatic carbocycles. The lowest BCUT2D eigenvalue weighted by atomic mass is 9.98. The van der Waals surface area contributed by atoms with Crippen LogP contribution >= 0.6 is 0 Å². The van der Waals surface area contributed by atoms with E-state index in [0.717, 1.165) is 29.8 Å². The first kappa shape index (κ1) is 15.9. The molecule has 2 N–H and O–H groups in total. The number of rotatable bonds is 2. The van der Waals surface area contributed by atoms with Crippen molar-refractivity contribution in [2.75, 3.05) is 22.6 Å². The molecule has 5 rings (SSSR count). The number of hydrogen-bond acceptors (Lipinski definition) is 5. The molecule has 3 atom stereocenters. The van der Waals surface area contributed by atoms with E-state index in [0.29, 0.717) is 30.6 Å². The Hall–Kier alpha value is -2.34. The van der Waals surface area contributed by atoms with Gasteiger partial charge in [0.05, 0.1) is 23.7 Å². The molecule has 26 heavy (non-hydrogen) atoms. The molecule has 3 aliphatic heterocycles. The van der Waals surface area contributed by atoms with Crippen molar-refractivity contribution >= 4 is 22.9 Å². The highest BCUT2D eigenvalue weighted by Gasteiger charge is 2.41. The average molecular weight is 354 g/mol. The smallest absolute Gasteiger partial charge is 0.141 e. The van der Waals surface area contributed by atoms with E-state index in [-0.39, 0.29) is 5.82 Å². The van der Waals surface area contributed by atoms with Gasteiger partial charge in [-0.15, -0.1) is 0 Å². The summed E-state index contributed by atoms with van der Waals surface area (Å²) in [6, 6.07) is 9.14. The summed E-state index contributed by atoms with van der Waals surface area (Å²) in [6.07, 6.45) is 6.32. The van der Waals surface area contributed by atoms with Crippen molar-refractivity contribution in [2.24, 2.45) is 0 Å². The Morgan fingerprint density at radius 2 is 1.96 bits per heavy atom. The highest BCUT2D eigenvalue weighted by atomic mass is 19.1. The normalized spacial score (nSPS) is 26.4. The van der Waals surface area contributed by atoms with Crippen molar-refractivity contribution in [3.8, 4) is 0 Å². The number of pyridine rings is 1. The summed E-state index contributed by atoms with van der Waals surface area (Å²) in [5.74, 6) is 0.406. The van der Waals surface area contributed by atoms with Crippen molar-refractivity contribution in [1.29, 1.82) is 0 Å². The summed E-state index contributed by atoms with van der Waals surface area (Å²) in [6.45, 7) is 0.558. The summed E-state index contributed by atoms with van der Waals surface area (Å²) < 4.78 is 19.1. The number of halogens is 1. The fourth-order valence-corrected chi connectivity index (χ4v) is 4.74. The largest absolute Gasteiger partial charge is 0.381 e. The van der Waals surface area contributed by atoms with E-state index in [2.05, 4.69) is 38.7 Å². The predicted octanol–water partition coefficient (Wildman–Crippen LogP) is 4.04. The molecule has 3 aliphatic rings. The van der Waals surface area contributed by atoms with Crippen LogP contribution in [0.5, 0.6) is 0 Å². The fourth-order valence-electron chi connectivity index (χ4n) is 4.74. The SMILES string of the molecule is CO[C@@H]1C[C@H]2CC[C@@H](C1)N2c1ccc2c(c1)NCc1cc(F)cnc1N2. The number of ether oxygens (including phenoxy) is 1. The average Bonchev–Trinajstić information content (AvgIpc) is 2.82. The maximum atomic E-state index is 13.5. The van der Waals surface area contributed by atoms with Gasteiger partial charge in [0.15, 0.2) is 0 Å². The molecule has 136 valence electrons. The maximum Gasteiger partial charge on any atom is 0.141 e. The van der Waals surface area contributed by atoms with Crippen molar-refractivity contribution in [3.05, 3.63) is 41.8 Å². The third-order valence-electron chi connectivity index (χ3n) is 5.98. The van der Waals surface area contributed by atoms with Crippen LogP contribution in [0.25, 0.3) is 0 Å². The van der Waals surface area contributed by atoms with Crippen LogP contribution in [0.4, 0.5) is 27.3 Å². The first-order chi connectivity index (χ1) is 12.7. The summed E-state index contributed by atoms with van der Waals surface area (Å²) in [5.41, 5.74) is 4.11. The second-order valence-electron chi connectivity index (χ2n) is 7.49. The van der Waals surface area contributed by atoms with Gasteiger partial charge in [-0.25, -0.2) is 9.37 Å². The second kappa shape index (κ2) is 6.13. The molecule has 6 heteroatoms. The van der Waals surface area contributed by atoms with Gasteiger partial charge in [-0.05, 0) is 49.9 Å². The molecule has 0 spiro atoms. The van der Waals surface area contributed by atoms with Crippen molar-refractivity contribution < 1.29 is 9.13 Å². The third-order valence-corrected chi connectivity index (χ3v) is 5.98. The van der Waals surface area contributed by atoms with Crippen LogP contribution in [0.15, 0.2) is 30.5 Å². The van der Waals surface area contributed by atoms with Gasteiger partial charge in [0.25, 0.3) is 0 Å². The fraction of sp³-hybridized carbons (Fsp3) is 0.450. The number of hydrogen-bond donors (Lipinski definition) is 2. The minimum atomic E-state index is -0.309. The van der Waals surface area contributed by atoms with Crippen LogP contribution < -0.4 is 15.5 Å². The van der Waals surface area contributed by atoms with Crippen molar-refractivity contribution in [2.45, 2.75) is 50.4 Å². The zero-order valence-electron chi connectivity index (χ0n) is 14.8. The molecular weight excluding hydrogens is 331 g/mol. The first-order valence-corrected chi connectivity index (χ1v) is 9.32. The molecule has 0 unspecified atom stereocenters. The number of nitrogens with zero attached hydrogens (tertiary/aromatic N) is 2. The summed E-state index contributed by atoms with van der Waals surface area (Å²) >= 11 is 0. The summed E-state index contributed by atoms with van der Waals surface area (Å²) in [5, 5.41) is 6.77. The summed E-state index contributed by atoms with van der Waals surface area (Å²) in [7, 11) is 1.83. The molecule has 2 bridgehead atoms. The zero-order valence-corrected chi connectivity index (χ0v) is 14.8. The van der Waals surface area contributed by atoms with Crippen molar-refractivity contribution in [1.82, 2.24) is 4.98 Å². The molecule has 4 heterocycles. The van der Waals surface area contributed by atoms with E-state index in [4.69, 9.17) is 4.74 Å². The minimum Gasteiger partial charge on any atom is -0.381 e. The monoisotopic (exact) mass is 354 g/mol. The number of methoxy groups -OCH3 is 1. The van der Waals surface area contributed by atoms with Gasteiger partial charge in [-0.3, -0.25) is 0 Å². The standard InChI is InChI=1S/C20H23FN4O/c1-26-17-7-14-2-3-15(8-17)25(14)16-4-5-18-19(9-16)22-10-12-6-13(21)11-23-20(12)24-18/h4-6,9,11,14-15,17,22H,2-3,7-8,10H2,1H3,(H,23,24)/t14-,15+,17-. The Kier molecular flexibility index (Phi) is 3.74. The number of anilines is 4. The molecule has 0 saturated carbocycles. The Morgan fingerprint density at radius 1 is 1.15 bits per heavy atom. The van der Waals surface area contributed by atoms with E-state index < -0.39 is 0 Å². The minimum absolute atomic E-state index is 0.309. The molecule has 2 saturated heterocycles. The number of benzene rings is 1. The van der Waals surface area contributed by atoms with Crippen molar-refractivity contribution in [3.63, 3.8) is 0 Å². The lowest BCUT2D eigenvalue weighted by molar-refractivity contribution is 0.0684. The predicted molar refractivity (Wildman–Crippen MR) is 101 cm³/mol. The Morgan fingerprint density at radius 3 is 2.73 bits per heavy atom. The first-order valence-electron chi connectivity index (χ1n) is 9.32. The topological polar surface area (TPSA) is 49.4 Å². The van der Waals surface area contributed by atoms with Gasteiger partial charge in [-0.2, -0.15) is 0 Å². The quantitative estimate of drug-likeness (QED) is 0.853. The summed E-state index contributed by atoms with van der Waals surface area (Å²) in [4.78, 5) is 6.77. The Labute approximate surface area is 152 Å². The number of nitrogens with one attached hydrogen (secondary N) is 2. The van der Waals surface area contributed by atoms with Crippen LogP contribution in [-0.2, 0) is 11.3 Å². The van der Waals surface area contributed by atoms with E-state index in [1.165, 1.54) is 30.8 Å². The van der Waals surface area contributed by atoms with Gasteiger partial charge in [0.1, 0.15) is 11.6 Å². The molecule has 0 amide bonds. The van der Waals surface area contributed by atoms with Crippen LogP contribution in [0.3, 0.4) is 0 Å². The lowest BCUT2D eigenvalue weighted by Crippen LogP contribution is -2.45. The van der Waals surface area contributed by atoms with Crippen LogP contribution in [0.2, 0.25) is 0 Å². The molecule has 0 aliphatic carbocycles. The molecular formula is C20H23FN4O. The second-order valence-corrected chi connectivity index (χ2v) is 7.49. The highest BCUT2D eigenvalue weighted by molar-refractivity contribution is 5.80.